The van der Waals surface area contributed by atoms with Crippen molar-refractivity contribution >= 4 is 14.4 Å². The molecule has 0 aliphatic heterocycles. The van der Waals surface area contributed by atoms with Gasteiger partial charge in [-0.25, -0.2) is 9.79 Å². The van der Waals surface area contributed by atoms with Crippen molar-refractivity contribution in [1.82, 2.24) is 0 Å². The van der Waals surface area contributed by atoms with E-state index >= 15 is 0 Å². The van der Waals surface area contributed by atoms with Gasteiger partial charge < -0.3 is 4.43 Å². The smallest absolute Gasteiger partial charge is 0.234 e. The molecule has 0 saturated heterocycles. The molecular formula is C10H21NO2Si. The molecule has 0 aromatic carbocycles. The summed E-state index contributed by atoms with van der Waals surface area (Å²) in [7, 11) is -1.48. The highest BCUT2D eigenvalue weighted by molar-refractivity contribution is 6.73. The van der Waals surface area contributed by atoms with E-state index in [1.165, 1.54) is 0 Å². The van der Waals surface area contributed by atoms with Crippen molar-refractivity contribution in [2.45, 2.75) is 45.3 Å². The first-order valence-corrected chi connectivity index (χ1v) is 7.95. The van der Waals surface area contributed by atoms with Gasteiger partial charge in [0.05, 0.1) is 6.54 Å². The summed E-state index contributed by atoms with van der Waals surface area (Å²) >= 11 is 0. The van der Waals surface area contributed by atoms with Crippen molar-refractivity contribution in [2.24, 2.45) is 4.99 Å². The Morgan fingerprint density at radius 1 is 1.29 bits per heavy atom. The van der Waals surface area contributed by atoms with Crippen LogP contribution in [-0.2, 0) is 9.22 Å². The van der Waals surface area contributed by atoms with Crippen molar-refractivity contribution in [1.29, 1.82) is 0 Å². The Bertz CT molecular complexity index is 187. The third kappa shape index (κ3) is 4.70. The Balaban J connectivity index is 3.99. The third-order valence-corrected chi connectivity index (χ3v) is 7.45. The average Bonchev–Trinajstić information content (AvgIpc) is 2.23. The van der Waals surface area contributed by atoms with E-state index in [4.69, 9.17) is 4.43 Å². The predicted octanol–water partition coefficient (Wildman–Crippen LogP) is 2.73. The molecule has 0 rings (SSSR count). The van der Waals surface area contributed by atoms with E-state index < -0.39 is 8.32 Å². The lowest BCUT2D eigenvalue weighted by Gasteiger charge is -2.28. The molecule has 0 unspecified atom stereocenters. The molecule has 82 valence electrons. The fourth-order valence-corrected chi connectivity index (χ4v) is 4.89. The van der Waals surface area contributed by atoms with Gasteiger partial charge in [0.15, 0.2) is 8.32 Å². The lowest BCUT2D eigenvalue weighted by molar-refractivity contribution is 0.319. The molecule has 0 aliphatic carbocycles. The summed E-state index contributed by atoms with van der Waals surface area (Å²) in [5, 5.41) is 0. The van der Waals surface area contributed by atoms with Crippen LogP contribution in [0.2, 0.25) is 18.1 Å². The summed E-state index contributed by atoms with van der Waals surface area (Å²) < 4.78 is 5.91. The molecule has 0 bridgehead atoms. The minimum atomic E-state index is -1.48. The van der Waals surface area contributed by atoms with Crippen LogP contribution in [0.25, 0.3) is 0 Å². The van der Waals surface area contributed by atoms with Crippen LogP contribution in [0.1, 0.15) is 27.2 Å². The molecule has 14 heavy (non-hydrogen) atoms. The number of hydrogen-bond donors (Lipinski definition) is 0. The Hall–Kier alpha value is -0.443. The van der Waals surface area contributed by atoms with Crippen LogP contribution in [0.3, 0.4) is 0 Å². The zero-order valence-electron chi connectivity index (χ0n) is 9.51. The molecule has 0 heterocycles. The molecule has 0 aliphatic rings. The first kappa shape index (κ1) is 13.6. The van der Waals surface area contributed by atoms with Crippen LogP contribution in [0.15, 0.2) is 4.99 Å². The van der Waals surface area contributed by atoms with E-state index in [-0.39, 0.29) is 0 Å². The summed E-state index contributed by atoms with van der Waals surface area (Å²) in [5.74, 6) is 0. The maximum Gasteiger partial charge on any atom is 0.234 e. The van der Waals surface area contributed by atoms with Gasteiger partial charge in [-0.3, -0.25) is 0 Å². The monoisotopic (exact) mass is 215 g/mol. The number of rotatable bonds is 8. The Morgan fingerprint density at radius 2 is 1.93 bits per heavy atom. The van der Waals surface area contributed by atoms with E-state index in [1.54, 1.807) is 6.08 Å². The van der Waals surface area contributed by atoms with Gasteiger partial charge in [-0.05, 0) is 31.5 Å². The minimum Gasteiger partial charge on any atom is -0.417 e. The largest absolute Gasteiger partial charge is 0.417 e. The summed E-state index contributed by atoms with van der Waals surface area (Å²) in [6.07, 6.45) is 2.53. The van der Waals surface area contributed by atoms with E-state index in [2.05, 4.69) is 25.8 Å². The molecule has 0 spiro atoms. The molecule has 0 aromatic rings. The quantitative estimate of drug-likeness (QED) is 0.270. The number of hydrogen-bond acceptors (Lipinski definition) is 3. The lowest BCUT2D eigenvalue weighted by Crippen LogP contribution is -2.36. The Kier molecular flexibility index (Phi) is 7.66. The summed E-state index contributed by atoms with van der Waals surface area (Å²) in [4.78, 5) is 13.4. The van der Waals surface area contributed by atoms with Crippen molar-refractivity contribution in [3.8, 4) is 0 Å². The SMILES string of the molecule is CCO[Si](CC)(CC)CCCN=C=O. The number of carbonyl (C=O) groups excluding carboxylic acids is 1. The van der Waals surface area contributed by atoms with Gasteiger partial charge in [0.25, 0.3) is 0 Å². The topological polar surface area (TPSA) is 38.7 Å². The molecule has 0 radical (unpaired) electrons. The summed E-state index contributed by atoms with van der Waals surface area (Å²) in [6, 6.07) is 3.42. The molecule has 0 fully saturated rings. The average molecular weight is 215 g/mol. The van der Waals surface area contributed by atoms with Gasteiger partial charge in [-0.1, -0.05) is 13.8 Å². The van der Waals surface area contributed by atoms with Gasteiger partial charge in [0.2, 0.25) is 6.08 Å². The van der Waals surface area contributed by atoms with Crippen molar-refractivity contribution < 1.29 is 9.22 Å². The highest BCUT2D eigenvalue weighted by Crippen LogP contribution is 2.23. The molecular weight excluding hydrogens is 194 g/mol. The van der Waals surface area contributed by atoms with Crippen LogP contribution >= 0.6 is 0 Å². The van der Waals surface area contributed by atoms with Crippen LogP contribution in [-0.4, -0.2) is 27.5 Å². The van der Waals surface area contributed by atoms with Crippen molar-refractivity contribution in [2.75, 3.05) is 13.2 Å². The second-order valence-corrected chi connectivity index (χ2v) is 7.97. The van der Waals surface area contributed by atoms with E-state index in [0.29, 0.717) is 6.54 Å². The molecule has 3 nitrogen and oxygen atoms in total. The lowest BCUT2D eigenvalue weighted by atomic mass is 10.5. The molecule has 0 amide bonds. The first-order chi connectivity index (χ1) is 6.74. The van der Waals surface area contributed by atoms with E-state index in [9.17, 15) is 4.79 Å². The first-order valence-electron chi connectivity index (χ1n) is 5.42. The minimum absolute atomic E-state index is 0.603. The Morgan fingerprint density at radius 3 is 2.36 bits per heavy atom. The predicted molar refractivity (Wildman–Crippen MR) is 60.8 cm³/mol. The van der Waals surface area contributed by atoms with Gasteiger partial charge in [-0.15, -0.1) is 0 Å². The highest BCUT2D eigenvalue weighted by atomic mass is 28.4. The second kappa shape index (κ2) is 7.91. The normalized spacial score (nSPS) is 11.1. The summed E-state index contributed by atoms with van der Waals surface area (Å²) in [6.45, 7) is 7.87. The van der Waals surface area contributed by atoms with E-state index in [0.717, 1.165) is 31.2 Å². The van der Waals surface area contributed by atoms with E-state index in [1.807, 2.05) is 0 Å². The fraction of sp³-hybridized carbons (Fsp3) is 0.900. The number of isocyanates is 1. The zero-order chi connectivity index (χ0) is 10.9. The highest BCUT2D eigenvalue weighted by Gasteiger charge is 2.29. The van der Waals surface area contributed by atoms with Gasteiger partial charge in [-0.2, -0.15) is 0 Å². The van der Waals surface area contributed by atoms with Gasteiger partial charge in [0, 0.05) is 6.61 Å². The molecule has 0 N–H and O–H groups in total. The zero-order valence-corrected chi connectivity index (χ0v) is 10.5. The maximum absolute atomic E-state index is 9.88. The Labute approximate surface area is 87.7 Å². The fourth-order valence-electron chi connectivity index (χ4n) is 1.71. The second-order valence-electron chi connectivity index (χ2n) is 3.40. The molecule has 0 atom stereocenters. The maximum atomic E-state index is 9.88. The van der Waals surface area contributed by atoms with Crippen LogP contribution in [0, 0.1) is 0 Å². The third-order valence-electron chi connectivity index (χ3n) is 2.71. The van der Waals surface area contributed by atoms with Crippen LogP contribution < -0.4 is 0 Å². The van der Waals surface area contributed by atoms with Crippen molar-refractivity contribution in [3.05, 3.63) is 0 Å². The van der Waals surface area contributed by atoms with Crippen LogP contribution in [0.4, 0.5) is 0 Å². The van der Waals surface area contributed by atoms with Gasteiger partial charge in [0.1, 0.15) is 0 Å². The molecule has 0 aromatic heterocycles. The number of nitrogens with zero attached hydrogens (tertiary/aromatic N) is 1. The van der Waals surface area contributed by atoms with Crippen LogP contribution in [0.5, 0.6) is 0 Å². The van der Waals surface area contributed by atoms with Gasteiger partial charge >= 0.3 is 0 Å². The van der Waals surface area contributed by atoms with Crippen molar-refractivity contribution in [3.63, 3.8) is 0 Å². The molecule has 0 saturated carbocycles. The standard InChI is InChI=1S/C10H21NO2Si/c1-4-13-14(5-2,6-3)9-7-8-11-10-12/h4-9H2,1-3H3. The summed E-state index contributed by atoms with van der Waals surface area (Å²) in [5.41, 5.74) is 0. The molecule has 4 heteroatoms. The number of aliphatic imine (C=N–C) groups is 1.